The van der Waals surface area contributed by atoms with Gasteiger partial charge in [-0.15, -0.1) is 0 Å². The Balaban J connectivity index is 0. The van der Waals surface area contributed by atoms with E-state index in [1.807, 2.05) is 0 Å². The fraction of sp³-hybridized carbons (Fsp3) is 1.00. The molecule has 0 N–H and O–H groups in total. The van der Waals surface area contributed by atoms with Crippen molar-refractivity contribution in [3.05, 3.63) is 0 Å². The van der Waals surface area contributed by atoms with Crippen molar-refractivity contribution in [2.75, 3.05) is 0 Å². The lowest BCUT2D eigenvalue weighted by Gasteiger charge is -1.63. The highest BCUT2D eigenvalue weighted by atomic mass is 35.6. The van der Waals surface area contributed by atoms with Crippen LogP contribution in [0.5, 0.6) is 0 Å². The summed E-state index contributed by atoms with van der Waals surface area (Å²) in [5.41, 5.74) is 0. The van der Waals surface area contributed by atoms with Crippen molar-refractivity contribution in [3.63, 3.8) is 0 Å². The largest absolute Gasteiger partial charge is 0.393 e. The van der Waals surface area contributed by atoms with Crippen molar-refractivity contribution >= 4 is 40.6 Å². The van der Waals surface area contributed by atoms with Crippen molar-refractivity contribution in [1.82, 2.24) is 0 Å². The second kappa shape index (κ2) is 5.35. The first kappa shape index (κ1) is 9.61. The van der Waals surface area contributed by atoms with Gasteiger partial charge in [-0.05, 0) is 0 Å². The molecular formula is C2H9Al2Cl. The van der Waals surface area contributed by atoms with Crippen molar-refractivity contribution < 1.29 is 0 Å². The Labute approximate surface area is 52.2 Å². The molecule has 3 heteroatoms. The van der Waals surface area contributed by atoms with Crippen molar-refractivity contribution in [2.24, 2.45) is 0 Å². The molecule has 0 atom stereocenters. The Morgan fingerprint density at radius 3 is 1.40 bits per heavy atom. The highest BCUT2D eigenvalue weighted by Crippen LogP contribution is 1.79. The number of halogens is 1. The number of hydrogen-bond donors (Lipinski definition) is 0. The number of rotatable bonds is 0. The SMILES string of the molecule is [AlH3].[CH3][Al]([CH3])[Cl]. The van der Waals surface area contributed by atoms with Gasteiger partial charge in [-0.25, -0.2) is 0 Å². The van der Waals surface area contributed by atoms with Crippen molar-refractivity contribution in [1.29, 1.82) is 0 Å². The molecule has 0 aliphatic heterocycles. The zero-order valence-electron chi connectivity index (χ0n) is 2.96. The average Bonchev–Trinajstić information content (AvgIpc) is 0.811. The Bertz CT molecular complexity index is 12.4. The summed E-state index contributed by atoms with van der Waals surface area (Å²) < 4.78 is 0. The Morgan fingerprint density at radius 1 is 1.40 bits per heavy atom. The van der Waals surface area contributed by atoms with Gasteiger partial charge in [-0.2, -0.15) is 0 Å². The van der Waals surface area contributed by atoms with E-state index in [2.05, 4.69) is 11.6 Å². The summed E-state index contributed by atoms with van der Waals surface area (Å²) in [7, 11) is 5.41. The molecular weight excluding hydrogens is 113 g/mol. The Kier molecular flexibility index (Phi) is 10.3. The first-order valence-corrected chi connectivity index (χ1v) is 5.43. The van der Waals surface area contributed by atoms with E-state index in [1.165, 1.54) is 0 Å². The summed E-state index contributed by atoms with van der Waals surface area (Å²) in [6.45, 7) is 0. The minimum absolute atomic E-state index is 0. The van der Waals surface area contributed by atoms with E-state index in [9.17, 15) is 0 Å². The lowest BCUT2D eigenvalue weighted by molar-refractivity contribution is 2.10. The summed E-state index contributed by atoms with van der Waals surface area (Å²) in [6, 6.07) is 0. The molecule has 0 aromatic carbocycles. The molecule has 0 aliphatic carbocycles. The van der Waals surface area contributed by atoms with Gasteiger partial charge in [0.05, 0.1) is 0 Å². The van der Waals surface area contributed by atoms with Crippen LogP contribution in [0, 0.1) is 0 Å². The summed E-state index contributed by atoms with van der Waals surface area (Å²) in [5.74, 6) is 4.14. The third kappa shape index (κ3) is 32.8. The molecule has 0 bridgehead atoms. The number of hydrogen-bond acceptors (Lipinski definition) is 0. The zero-order chi connectivity index (χ0) is 3.58. The van der Waals surface area contributed by atoms with Crippen molar-refractivity contribution in [3.8, 4) is 0 Å². The van der Waals surface area contributed by atoms with E-state index in [4.69, 9.17) is 10.0 Å². The molecule has 0 rings (SSSR count). The molecule has 0 nitrogen and oxygen atoms in total. The van der Waals surface area contributed by atoms with Gasteiger partial charge < -0.3 is 0 Å². The maximum Gasteiger partial charge on any atom is 0.393 e. The van der Waals surface area contributed by atoms with Crippen LogP contribution < -0.4 is 0 Å². The minimum atomic E-state index is -0.667. The van der Waals surface area contributed by atoms with Crippen LogP contribution in [0.4, 0.5) is 0 Å². The highest BCUT2D eigenvalue weighted by Gasteiger charge is 1.88. The Hall–Kier alpha value is 1.35. The topological polar surface area (TPSA) is 0 Å². The third-order valence-electron chi connectivity index (χ3n) is 0. The van der Waals surface area contributed by atoms with E-state index in [-0.39, 0.29) is 17.4 Å². The first-order chi connectivity index (χ1) is 1.73. The fourth-order valence-electron chi connectivity index (χ4n) is 0. The Morgan fingerprint density at radius 2 is 1.40 bits per heavy atom. The first-order valence-electron chi connectivity index (χ1n) is 1.37. The molecule has 0 aliphatic rings. The van der Waals surface area contributed by atoms with E-state index in [1.54, 1.807) is 0 Å². The van der Waals surface area contributed by atoms with Crippen LogP contribution >= 0.6 is 10.0 Å². The summed E-state index contributed by atoms with van der Waals surface area (Å²) in [5, 5.41) is 0. The van der Waals surface area contributed by atoms with E-state index in [0.29, 0.717) is 0 Å². The van der Waals surface area contributed by atoms with Gasteiger partial charge in [0.15, 0.2) is 17.4 Å². The fourth-order valence-corrected chi connectivity index (χ4v) is 0. The molecule has 0 amide bonds. The normalized spacial score (nSPS) is 5.40. The molecule has 0 fully saturated rings. The maximum atomic E-state index is 5.41. The third-order valence-corrected chi connectivity index (χ3v) is 0. The second-order valence-corrected chi connectivity index (χ2v) is 5.66. The van der Waals surface area contributed by atoms with Crippen LogP contribution in [0.2, 0.25) is 11.6 Å². The zero-order valence-corrected chi connectivity index (χ0v) is 4.87. The van der Waals surface area contributed by atoms with Gasteiger partial charge in [-0.3, -0.25) is 10.0 Å². The standard InChI is InChI=1S/2CH3.2Al.ClH.3H/h2*1H3;;;1H;;;/q;;;+1;;;;/p-1. The molecule has 0 unspecified atom stereocenters. The predicted octanol–water partition coefficient (Wildman–Crippen LogP) is 0.292. The molecule has 0 spiro atoms. The molecule has 0 saturated heterocycles. The molecule has 0 aromatic heterocycles. The highest BCUT2D eigenvalue weighted by molar-refractivity contribution is 7.05. The van der Waals surface area contributed by atoms with Crippen LogP contribution in [0.3, 0.4) is 0 Å². The van der Waals surface area contributed by atoms with Crippen LogP contribution in [0.1, 0.15) is 0 Å². The van der Waals surface area contributed by atoms with Gasteiger partial charge in [0.25, 0.3) is 0 Å². The predicted molar refractivity (Wildman–Crippen MR) is 33.3 cm³/mol. The van der Waals surface area contributed by atoms with Gasteiger partial charge in [0.2, 0.25) is 0 Å². The summed E-state index contributed by atoms with van der Waals surface area (Å²) >= 11 is -0.667. The monoisotopic (exact) mass is 122 g/mol. The molecule has 0 saturated carbocycles. The van der Waals surface area contributed by atoms with Crippen LogP contribution in [0.15, 0.2) is 0 Å². The van der Waals surface area contributed by atoms with Crippen LogP contribution in [0.25, 0.3) is 0 Å². The molecule has 0 heterocycles. The lowest BCUT2D eigenvalue weighted by atomic mass is 11.9. The van der Waals surface area contributed by atoms with Crippen LogP contribution in [-0.4, -0.2) is 30.6 Å². The van der Waals surface area contributed by atoms with Crippen LogP contribution in [-0.2, 0) is 0 Å². The van der Waals surface area contributed by atoms with E-state index < -0.39 is 13.2 Å². The molecule has 0 radical (unpaired) electrons. The molecule has 30 valence electrons. The van der Waals surface area contributed by atoms with Gasteiger partial charge in [0.1, 0.15) is 0 Å². The van der Waals surface area contributed by atoms with E-state index >= 15 is 0 Å². The van der Waals surface area contributed by atoms with Gasteiger partial charge >= 0.3 is 13.2 Å². The quantitative estimate of drug-likeness (QED) is 0.405. The average molecular weight is 123 g/mol. The minimum Gasteiger partial charge on any atom is -0.262 e. The second-order valence-electron chi connectivity index (χ2n) is 1.01. The van der Waals surface area contributed by atoms with Gasteiger partial charge in [-0.1, -0.05) is 11.6 Å². The maximum absolute atomic E-state index is 5.41. The van der Waals surface area contributed by atoms with Gasteiger partial charge in [0, 0.05) is 0 Å². The van der Waals surface area contributed by atoms with Crippen molar-refractivity contribution in [2.45, 2.75) is 11.6 Å². The smallest absolute Gasteiger partial charge is 0.262 e. The molecule has 5 heavy (non-hydrogen) atoms. The summed E-state index contributed by atoms with van der Waals surface area (Å²) in [6.07, 6.45) is 0. The summed E-state index contributed by atoms with van der Waals surface area (Å²) in [4.78, 5) is 0. The lowest BCUT2D eigenvalue weighted by Crippen LogP contribution is -1.78. The van der Waals surface area contributed by atoms with E-state index in [0.717, 1.165) is 0 Å². The molecule has 0 aromatic rings.